The van der Waals surface area contributed by atoms with E-state index in [0.29, 0.717) is 5.69 Å². The number of sulfonamides is 1. The van der Waals surface area contributed by atoms with E-state index in [-0.39, 0.29) is 25.0 Å². The average Bonchev–Trinajstić information content (AvgIpc) is 2.61. The van der Waals surface area contributed by atoms with Crippen LogP contribution in [0.25, 0.3) is 0 Å². The Morgan fingerprint density at radius 1 is 1.03 bits per heavy atom. The number of nitrogens with one attached hydrogen (secondary N) is 1. The van der Waals surface area contributed by atoms with Gasteiger partial charge in [-0.05, 0) is 56.9 Å². The molecule has 1 aromatic carbocycles. The first-order valence-electron chi connectivity index (χ1n) is 11.2. The molecule has 2 amide bonds. The topological polar surface area (TPSA) is 86.8 Å². The summed E-state index contributed by atoms with van der Waals surface area (Å²) in [5.74, 6) is -0.684. The monoisotopic (exact) mass is 449 g/mol. The number of anilines is 1. The molecule has 7 nitrogen and oxygen atoms in total. The molecule has 1 atom stereocenters. The maximum Gasteiger partial charge on any atom is 0.247 e. The highest BCUT2D eigenvalue weighted by atomic mass is 32.2. The van der Waals surface area contributed by atoms with Gasteiger partial charge in [-0.15, -0.1) is 0 Å². The minimum absolute atomic E-state index is 0.0504. The van der Waals surface area contributed by atoms with Gasteiger partial charge in [0.1, 0.15) is 5.54 Å². The fraction of sp³-hybridized carbons (Fsp3) is 0.652. The van der Waals surface area contributed by atoms with Crippen molar-refractivity contribution >= 4 is 27.5 Å². The molecule has 2 aliphatic rings. The number of hydrogen-bond donors (Lipinski definition) is 1. The first kappa shape index (κ1) is 23.7. The van der Waals surface area contributed by atoms with E-state index in [1.807, 2.05) is 32.0 Å². The Morgan fingerprint density at radius 3 is 2.13 bits per heavy atom. The van der Waals surface area contributed by atoms with Gasteiger partial charge in [-0.2, -0.15) is 4.31 Å². The van der Waals surface area contributed by atoms with Crippen LogP contribution in [-0.4, -0.2) is 55.5 Å². The van der Waals surface area contributed by atoms with E-state index >= 15 is 0 Å². The maximum absolute atomic E-state index is 13.6. The summed E-state index contributed by atoms with van der Waals surface area (Å²) < 4.78 is 25.7. The number of piperazine rings is 1. The van der Waals surface area contributed by atoms with E-state index in [9.17, 15) is 18.0 Å². The second-order valence-electron chi connectivity index (χ2n) is 9.40. The molecule has 1 saturated heterocycles. The van der Waals surface area contributed by atoms with Gasteiger partial charge in [-0.25, -0.2) is 8.42 Å². The van der Waals surface area contributed by atoms with E-state index in [1.54, 1.807) is 6.92 Å². The number of carbonyl (C=O) groups excluding carboxylic acids is 2. The number of nitrogens with zero attached hydrogens (tertiary/aromatic N) is 2. The molecular formula is C23H35N3O4S. The third-order valence-corrected chi connectivity index (χ3v) is 7.60. The van der Waals surface area contributed by atoms with Crippen molar-refractivity contribution in [3.63, 3.8) is 0 Å². The molecule has 3 rings (SSSR count). The highest BCUT2D eigenvalue weighted by Crippen LogP contribution is 2.32. The van der Waals surface area contributed by atoms with Crippen LogP contribution in [0, 0.1) is 13.8 Å². The molecule has 1 heterocycles. The average molecular weight is 450 g/mol. The zero-order chi connectivity index (χ0) is 22.8. The number of hydrogen-bond acceptors (Lipinski definition) is 4. The van der Waals surface area contributed by atoms with Crippen LogP contribution < -0.4 is 10.2 Å². The van der Waals surface area contributed by atoms with Crippen molar-refractivity contribution < 1.29 is 18.0 Å². The van der Waals surface area contributed by atoms with Gasteiger partial charge in [0.15, 0.2) is 0 Å². The van der Waals surface area contributed by atoms with Gasteiger partial charge >= 0.3 is 0 Å². The number of benzene rings is 1. The van der Waals surface area contributed by atoms with Crippen molar-refractivity contribution in [2.45, 2.75) is 77.3 Å². The van der Waals surface area contributed by atoms with E-state index in [0.717, 1.165) is 47.4 Å². The van der Waals surface area contributed by atoms with Crippen LogP contribution in [0.5, 0.6) is 0 Å². The summed E-state index contributed by atoms with van der Waals surface area (Å²) >= 11 is 0. The van der Waals surface area contributed by atoms with Crippen molar-refractivity contribution in [3.8, 4) is 0 Å². The maximum atomic E-state index is 13.6. The lowest BCUT2D eigenvalue weighted by Gasteiger charge is -2.47. The Morgan fingerprint density at radius 2 is 1.58 bits per heavy atom. The summed E-state index contributed by atoms with van der Waals surface area (Å²) in [7, 11) is -3.62. The van der Waals surface area contributed by atoms with Crippen LogP contribution >= 0.6 is 0 Å². The lowest BCUT2D eigenvalue weighted by Crippen LogP contribution is -2.70. The van der Waals surface area contributed by atoms with Gasteiger partial charge in [0.05, 0.1) is 12.8 Å². The van der Waals surface area contributed by atoms with Crippen LogP contribution in [0.1, 0.15) is 63.0 Å². The van der Waals surface area contributed by atoms with Crippen LogP contribution in [0.4, 0.5) is 5.69 Å². The molecule has 0 aromatic heterocycles. The standard InChI is InChI=1S/C23H35N3O4S/c1-17-12-18(2)14-20(13-17)26-21(27)15-25(31(4,29)30)16-23(26,3)22(28)24-19-10-8-6-5-7-9-11-19/h12-14,19H,5-11,15-16H2,1-4H3,(H,24,28)/t23-/m1/s1. The zero-order valence-electron chi connectivity index (χ0n) is 19.1. The molecular weight excluding hydrogens is 414 g/mol. The van der Waals surface area contributed by atoms with Gasteiger partial charge in [0.2, 0.25) is 21.8 Å². The molecule has 1 N–H and O–H groups in total. The Labute approximate surface area is 186 Å². The SMILES string of the molecule is Cc1cc(C)cc(N2C(=O)CN(S(C)(=O)=O)C[C@]2(C)C(=O)NC2CCCCCCC2)c1. The zero-order valence-corrected chi connectivity index (χ0v) is 19.9. The molecule has 1 aromatic rings. The van der Waals surface area contributed by atoms with Gasteiger partial charge < -0.3 is 5.32 Å². The third-order valence-electron chi connectivity index (χ3n) is 6.40. The Balaban J connectivity index is 1.97. The smallest absolute Gasteiger partial charge is 0.247 e. The quantitative estimate of drug-likeness (QED) is 0.766. The minimum atomic E-state index is -3.62. The van der Waals surface area contributed by atoms with Gasteiger partial charge in [0, 0.05) is 18.3 Å². The van der Waals surface area contributed by atoms with Crippen molar-refractivity contribution in [1.82, 2.24) is 9.62 Å². The van der Waals surface area contributed by atoms with Crippen molar-refractivity contribution in [2.24, 2.45) is 0 Å². The van der Waals surface area contributed by atoms with Crippen molar-refractivity contribution in [2.75, 3.05) is 24.2 Å². The molecule has 31 heavy (non-hydrogen) atoms. The normalized spacial score (nSPS) is 24.5. The molecule has 1 aliphatic carbocycles. The Bertz CT molecular complexity index is 918. The summed E-state index contributed by atoms with van der Waals surface area (Å²) in [6, 6.07) is 5.81. The Kier molecular flexibility index (Phi) is 7.11. The third kappa shape index (κ3) is 5.47. The molecule has 1 aliphatic heterocycles. The number of aryl methyl sites for hydroxylation is 2. The fourth-order valence-corrected chi connectivity index (χ4v) is 5.66. The van der Waals surface area contributed by atoms with Crippen LogP contribution in [0.2, 0.25) is 0 Å². The summed E-state index contributed by atoms with van der Waals surface area (Å²) in [5, 5.41) is 3.16. The lowest BCUT2D eigenvalue weighted by atomic mass is 9.91. The van der Waals surface area contributed by atoms with Crippen LogP contribution in [-0.2, 0) is 19.6 Å². The van der Waals surface area contributed by atoms with E-state index < -0.39 is 21.5 Å². The van der Waals surface area contributed by atoms with E-state index in [4.69, 9.17) is 0 Å². The molecule has 0 radical (unpaired) electrons. The highest BCUT2D eigenvalue weighted by Gasteiger charge is 2.50. The Hall–Kier alpha value is -1.93. The lowest BCUT2D eigenvalue weighted by molar-refractivity contribution is -0.133. The van der Waals surface area contributed by atoms with E-state index in [2.05, 4.69) is 5.32 Å². The number of rotatable bonds is 4. The van der Waals surface area contributed by atoms with E-state index in [1.165, 1.54) is 24.2 Å². The highest BCUT2D eigenvalue weighted by molar-refractivity contribution is 7.88. The van der Waals surface area contributed by atoms with Crippen LogP contribution in [0.15, 0.2) is 18.2 Å². The molecule has 2 fully saturated rings. The summed E-state index contributed by atoms with van der Waals surface area (Å²) in [4.78, 5) is 28.4. The second-order valence-corrected chi connectivity index (χ2v) is 11.4. The van der Waals surface area contributed by atoms with Crippen molar-refractivity contribution in [3.05, 3.63) is 29.3 Å². The van der Waals surface area contributed by atoms with Gasteiger partial charge in [0.25, 0.3) is 0 Å². The summed E-state index contributed by atoms with van der Waals surface area (Å²) in [6.07, 6.45) is 8.60. The van der Waals surface area contributed by atoms with Crippen LogP contribution in [0.3, 0.4) is 0 Å². The minimum Gasteiger partial charge on any atom is -0.351 e. The number of carbonyl (C=O) groups is 2. The number of amides is 2. The summed E-state index contributed by atoms with van der Waals surface area (Å²) in [5.41, 5.74) is 1.26. The predicted molar refractivity (Wildman–Crippen MR) is 122 cm³/mol. The molecule has 8 heteroatoms. The first-order valence-corrected chi connectivity index (χ1v) is 13.0. The molecule has 0 spiro atoms. The largest absolute Gasteiger partial charge is 0.351 e. The summed E-state index contributed by atoms with van der Waals surface area (Å²) in [6.45, 7) is 5.23. The second kappa shape index (κ2) is 9.28. The fourth-order valence-electron chi connectivity index (χ4n) is 4.82. The van der Waals surface area contributed by atoms with Crippen molar-refractivity contribution in [1.29, 1.82) is 0 Å². The molecule has 1 saturated carbocycles. The van der Waals surface area contributed by atoms with Gasteiger partial charge in [-0.1, -0.05) is 38.2 Å². The van der Waals surface area contributed by atoms with Gasteiger partial charge in [-0.3, -0.25) is 14.5 Å². The molecule has 0 bridgehead atoms. The molecule has 0 unspecified atom stereocenters. The predicted octanol–water partition coefficient (Wildman–Crippen LogP) is 2.90. The molecule has 172 valence electrons. The first-order chi connectivity index (χ1) is 14.5.